The summed E-state index contributed by atoms with van der Waals surface area (Å²) in [6.07, 6.45) is 1.59. The van der Waals surface area contributed by atoms with Gasteiger partial charge in [-0.25, -0.2) is 9.98 Å². The second-order valence-corrected chi connectivity index (χ2v) is 4.71. The van der Waals surface area contributed by atoms with Crippen LogP contribution in [0.15, 0.2) is 46.0 Å². The minimum atomic E-state index is 0. The van der Waals surface area contributed by atoms with E-state index in [4.69, 9.17) is 14.9 Å². The van der Waals surface area contributed by atoms with Crippen LogP contribution in [-0.2, 0) is 11.3 Å². The zero-order valence-corrected chi connectivity index (χ0v) is 15.0. The third kappa shape index (κ3) is 5.64. The van der Waals surface area contributed by atoms with Crippen LogP contribution in [0.25, 0.3) is 11.5 Å². The van der Waals surface area contributed by atoms with Crippen LogP contribution in [0.3, 0.4) is 0 Å². The van der Waals surface area contributed by atoms with Crippen LogP contribution in [0.2, 0.25) is 0 Å². The number of hydrogen-bond acceptors (Lipinski definition) is 4. The zero-order chi connectivity index (χ0) is 15.1. The molecule has 0 aliphatic carbocycles. The molecule has 0 radical (unpaired) electrons. The van der Waals surface area contributed by atoms with Crippen molar-refractivity contribution in [2.75, 3.05) is 13.7 Å². The molecule has 2 aromatic rings. The van der Waals surface area contributed by atoms with E-state index in [1.54, 1.807) is 13.4 Å². The van der Waals surface area contributed by atoms with Crippen LogP contribution in [-0.4, -0.2) is 30.7 Å². The number of benzene rings is 1. The van der Waals surface area contributed by atoms with Crippen molar-refractivity contribution in [3.63, 3.8) is 0 Å². The fourth-order valence-electron chi connectivity index (χ4n) is 1.85. The van der Waals surface area contributed by atoms with Crippen molar-refractivity contribution < 1.29 is 9.15 Å². The summed E-state index contributed by atoms with van der Waals surface area (Å²) < 4.78 is 10.5. The van der Waals surface area contributed by atoms with Gasteiger partial charge in [-0.15, -0.1) is 24.0 Å². The predicted octanol–water partition coefficient (Wildman–Crippen LogP) is 2.40. The van der Waals surface area contributed by atoms with Gasteiger partial charge in [0.15, 0.2) is 5.96 Å². The first-order chi connectivity index (χ1) is 10.2. The second kappa shape index (κ2) is 9.42. The lowest BCUT2D eigenvalue weighted by Crippen LogP contribution is -2.40. The van der Waals surface area contributed by atoms with Crippen molar-refractivity contribution in [2.45, 2.75) is 19.5 Å². The van der Waals surface area contributed by atoms with Crippen molar-refractivity contribution in [1.82, 2.24) is 10.3 Å². The molecule has 0 saturated carbocycles. The summed E-state index contributed by atoms with van der Waals surface area (Å²) in [6, 6.07) is 9.83. The van der Waals surface area contributed by atoms with E-state index in [0.29, 0.717) is 25.0 Å². The summed E-state index contributed by atoms with van der Waals surface area (Å²) in [5, 5.41) is 3.03. The Kier molecular flexibility index (Phi) is 7.89. The van der Waals surface area contributed by atoms with Gasteiger partial charge in [-0.3, -0.25) is 0 Å². The Hall–Kier alpha value is -1.61. The van der Waals surface area contributed by atoms with E-state index >= 15 is 0 Å². The van der Waals surface area contributed by atoms with Crippen LogP contribution in [0, 0.1) is 0 Å². The number of nitrogens with two attached hydrogens (primary N) is 1. The lowest BCUT2D eigenvalue weighted by atomic mass is 10.2. The van der Waals surface area contributed by atoms with E-state index in [1.165, 1.54) is 0 Å². The fraction of sp³-hybridized carbons (Fsp3) is 0.333. The number of rotatable bonds is 6. The molecule has 2 rings (SSSR count). The number of oxazole rings is 1. The van der Waals surface area contributed by atoms with E-state index < -0.39 is 0 Å². The second-order valence-electron chi connectivity index (χ2n) is 4.71. The summed E-state index contributed by atoms with van der Waals surface area (Å²) in [7, 11) is 1.64. The summed E-state index contributed by atoms with van der Waals surface area (Å²) in [5.74, 6) is 0.948. The number of aliphatic imine (C=N–C) groups is 1. The Labute approximate surface area is 147 Å². The molecule has 0 spiro atoms. The van der Waals surface area contributed by atoms with Gasteiger partial charge in [-0.05, 0) is 19.1 Å². The lowest BCUT2D eigenvalue weighted by Gasteiger charge is -2.12. The maximum Gasteiger partial charge on any atom is 0.226 e. The van der Waals surface area contributed by atoms with Crippen molar-refractivity contribution in [3.8, 4) is 11.5 Å². The first-order valence-electron chi connectivity index (χ1n) is 6.74. The summed E-state index contributed by atoms with van der Waals surface area (Å²) in [6.45, 7) is 2.91. The van der Waals surface area contributed by atoms with E-state index in [0.717, 1.165) is 11.3 Å². The molecular weight excluding hydrogens is 395 g/mol. The minimum absolute atomic E-state index is 0. The molecule has 1 aromatic carbocycles. The number of ether oxygens (including phenoxy) is 1. The maximum absolute atomic E-state index is 5.80. The smallest absolute Gasteiger partial charge is 0.226 e. The van der Waals surface area contributed by atoms with Gasteiger partial charge in [0.25, 0.3) is 0 Å². The number of halogens is 1. The molecule has 1 unspecified atom stereocenters. The van der Waals surface area contributed by atoms with Crippen molar-refractivity contribution >= 4 is 29.9 Å². The maximum atomic E-state index is 5.80. The fourth-order valence-corrected chi connectivity index (χ4v) is 1.85. The van der Waals surface area contributed by atoms with Gasteiger partial charge < -0.3 is 20.2 Å². The van der Waals surface area contributed by atoms with Gasteiger partial charge in [-0.2, -0.15) is 0 Å². The average Bonchev–Trinajstić information content (AvgIpc) is 2.95. The summed E-state index contributed by atoms with van der Waals surface area (Å²) in [5.41, 5.74) is 7.47. The third-order valence-corrected chi connectivity index (χ3v) is 2.79. The Morgan fingerprint density at radius 2 is 2.14 bits per heavy atom. The summed E-state index contributed by atoms with van der Waals surface area (Å²) in [4.78, 5) is 8.62. The SMILES string of the molecule is COCC(C)NC(N)=NCc1coc(-c2ccccc2)n1.I. The Bertz CT molecular complexity index is 586. The molecule has 120 valence electrons. The minimum Gasteiger partial charge on any atom is -0.444 e. The van der Waals surface area contributed by atoms with Crippen LogP contribution in [0.4, 0.5) is 0 Å². The number of aromatic nitrogens is 1. The number of hydrogen-bond donors (Lipinski definition) is 2. The lowest BCUT2D eigenvalue weighted by molar-refractivity contribution is 0.179. The molecule has 1 atom stereocenters. The van der Waals surface area contributed by atoms with Gasteiger partial charge in [0, 0.05) is 18.7 Å². The van der Waals surface area contributed by atoms with E-state index in [2.05, 4.69) is 15.3 Å². The van der Waals surface area contributed by atoms with Crippen molar-refractivity contribution in [2.24, 2.45) is 10.7 Å². The monoisotopic (exact) mass is 416 g/mol. The van der Waals surface area contributed by atoms with E-state index in [1.807, 2.05) is 37.3 Å². The van der Waals surface area contributed by atoms with Crippen LogP contribution >= 0.6 is 24.0 Å². The standard InChI is InChI=1S/C15H20N4O2.HI/c1-11(9-20-2)18-15(16)17-8-13-10-21-14(19-13)12-6-4-3-5-7-12;/h3-7,10-11H,8-9H2,1-2H3,(H3,16,17,18);1H. The molecule has 0 saturated heterocycles. The Morgan fingerprint density at radius 3 is 2.82 bits per heavy atom. The quantitative estimate of drug-likeness (QED) is 0.429. The molecule has 3 N–H and O–H groups in total. The molecule has 0 fully saturated rings. The highest BCUT2D eigenvalue weighted by molar-refractivity contribution is 14.0. The van der Waals surface area contributed by atoms with Crippen molar-refractivity contribution in [1.29, 1.82) is 0 Å². The topological polar surface area (TPSA) is 85.7 Å². The molecule has 0 aliphatic heterocycles. The largest absolute Gasteiger partial charge is 0.444 e. The van der Waals surface area contributed by atoms with Gasteiger partial charge in [-0.1, -0.05) is 18.2 Å². The van der Waals surface area contributed by atoms with Crippen LogP contribution in [0.1, 0.15) is 12.6 Å². The molecule has 0 amide bonds. The van der Waals surface area contributed by atoms with E-state index in [9.17, 15) is 0 Å². The Morgan fingerprint density at radius 1 is 1.41 bits per heavy atom. The third-order valence-electron chi connectivity index (χ3n) is 2.79. The van der Waals surface area contributed by atoms with Crippen LogP contribution < -0.4 is 11.1 Å². The first-order valence-corrected chi connectivity index (χ1v) is 6.74. The number of guanidine groups is 1. The highest BCUT2D eigenvalue weighted by Crippen LogP contribution is 2.18. The first kappa shape index (κ1) is 18.4. The molecule has 0 bridgehead atoms. The molecule has 1 aromatic heterocycles. The highest BCUT2D eigenvalue weighted by Gasteiger charge is 2.06. The van der Waals surface area contributed by atoms with Gasteiger partial charge in [0.2, 0.25) is 5.89 Å². The normalized spacial score (nSPS) is 12.5. The van der Waals surface area contributed by atoms with Crippen LogP contribution in [0.5, 0.6) is 0 Å². The van der Waals surface area contributed by atoms with E-state index in [-0.39, 0.29) is 30.0 Å². The molecule has 0 aliphatic rings. The van der Waals surface area contributed by atoms with Gasteiger partial charge in [0.05, 0.1) is 13.2 Å². The highest BCUT2D eigenvalue weighted by atomic mass is 127. The Balaban J connectivity index is 0.00000242. The van der Waals surface area contributed by atoms with Gasteiger partial charge in [0.1, 0.15) is 12.0 Å². The zero-order valence-electron chi connectivity index (χ0n) is 12.7. The molecule has 6 nitrogen and oxygen atoms in total. The molecular formula is C15H21IN4O2. The summed E-state index contributed by atoms with van der Waals surface area (Å²) >= 11 is 0. The predicted molar refractivity (Wildman–Crippen MR) is 97.2 cm³/mol. The van der Waals surface area contributed by atoms with Gasteiger partial charge >= 0.3 is 0 Å². The molecule has 22 heavy (non-hydrogen) atoms. The number of nitrogens with one attached hydrogen (secondary N) is 1. The molecule has 7 heteroatoms. The average molecular weight is 416 g/mol. The van der Waals surface area contributed by atoms with Crippen molar-refractivity contribution in [3.05, 3.63) is 42.3 Å². The number of methoxy groups -OCH3 is 1. The molecule has 1 heterocycles. The number of nitrogens with zero attached hydrogens (tertiary/aromatic N) is 2.